The summed E-state index contributed by atoms with van der Waals surface area (Å²) in [5.41, 5.74) is 0.138. The molecule has 0 aliphatic rings. The van der Waals surface area contributed by atoms with E-state index in [0.29, 0.717) is 18.1 Å². The summed E-state index contributed by atoms with van der Waals surface area (Å²) in [6, 6.07) is 7.38. The van der Waals surface area contributed by atoms with Crippen molar-refractivity contribution in [2.75, 3.05) is 12.4 Å². The molecule has 2 rings (SSSR count). The van der Waals surface area contributed by atoms with E-state index in [9.17, 15) is 31.3 Å². The summed E-state index contributed by atoms with van der Waals surface area (Å²) < 4.78 is 79.3. The zero-order chi connectivity index (χ0) is 24.1. The molecule has 0 heterocycles. The lowest BCUT2D eigenvalue weighted by Gasteiger charge is -2.11. The quantitative estimate of drug-likeness (QED) is 0.163. The Hall–Kier alpha value is -2.77. The van der Waals surface area contributed by atoms with Crippen molar-refractivity contribution in [2.24, 2.45) is 0 Å². The van der Waals surface area contributed by atoms with Gasteiger partial charge in [0.05, 0.1) is 17.3 Å². The third kappa shape index (κ3) is 6.87. The van der Waals surface area contributed by atoms with E-state index < -0.39 is 53.1 Å². The molecule has 0 bridgehead atoms. The minimum absolute atomic E-state index is 0.136. The molecule has 0 saturated carbocycles. The van der Waals surface area contributed by atoms with Gasteiger partial charge in [0.25, 0.3) is 10.1 Å². The van der Waals surface area contributed by atoms with Crippen LogP contribution in [0.25, 0.3) is 0 Å². The third-order valence-electron chi connectivity index (χ3n) is 4.57. The van der Waals surface area contributed by atoms with Gasteiger partial charge in [-0.05, 0) is 36.5 Å². The molecule has 0 saturated heterocycles. The first-order chi connectivity index (χ1) is 14.8. The van der Waals surface area contributed by atoms with E-state index in [1.807, 2.05) is 13.8 Å². The van der Waals surface area contributed by atoms with E-state index in [0.717, 1.165) is 12.0 Å². The third-order valence-corrected chi connectivity index (χ3v) is 6.67. The van der Waals surface area contributed by atoms with Gasteiger partial charge in [0.1, 0.15) is 16.5 Å². The minimum atomic E-state index is -5.02. The van der Waals surface area contributed by atoms with E-state index in [-0.39, 0.29) is 18.8 Å². The van der Waals surface area contributed by atoms with Crippen molar-refractivity contribution >= 4 is 25.9 Å². The largest absolute Gasteiger partial charge is 0.487 e. The van der Waals surface area contributed by atoms with Crippen LogP contribution in [0.1, 0.15) is 38.2 Å². The molecule has 10 nitrogen and oxygen atoms in total. The maximum absolute atomic E-state index is 13.9. The summed E-state index contributed by atoms with van der Waals surface area (Å²) in [6.45, 7) is 3.72. The Balaban J connectivity index is 2.00. The number of benzene rings is 2. The highest BCUT2D eigenvalue weighted by atomic mass is 32.2. The second-order valence-electron chi connectivity index (χ2n) is 6.91. The fourth-order valence-corrected chi connectivity index (χ4v) is 4.20. The molecule has 0 radical (unpaired) electrons. The minimum Gasteiger partial charge on any atom is -0.487 e. The molecule has 0 amide bonds. The van der Waals surface area contributed by atoms with Gasteiger partial charge in [0.15, 0.2) is 5.75 Å². The number of ether oxygens (including phenoxy) is 1. The fraction of sp³-hybridized carbons (Fsp3) is 0.368. The van der Waals surface area contributed by atoms with Crippen LogP contribution in [0, 0.1) is 15.9 Å². The zero-order valence-corrected chi connectivity index (χ0v) is 18.9. The second-order valence-corrected chi connectivity index (χ2v) is 9.99. The highest BCUT2D eigenvalue weighted by Gasteiger charge is 2.26. The van der Waals surface area contributed by atoms with Crippen LogP contribution in [-0.2, 0) is 20.2 Å². The predicted molar refractivity (Wildman–Crippen MR) is 113 cm³/mol. The van der Waals surface area contributed by atoms with Gasteiger partial charge < -0.3 is 8.92 Å². The topological polar surface area (TPSA) is 150 Å². The number of nitrogens with zero attached hydrogens (tertiary/aromatic N) is 1. The molecule has 176 valence electrons. The summed E-state index contributed by atoms with van der Waals surface area (Å²) in [4.78, 5) is 8.81. The number of hydrogen-bond acceptors (Lipinski definition) is 8. The zero-order valence-electron chi connectivity index (χ0n) is 17.2. The van der Waals surface area contributed by atoms with Crippen LogP contribution in [0.5, 0.6) is 11.5 Å². The fourth-order valence-electron chi connectivity index (χ4n) is 2.67. The van der Waals surface area contributed by atoms with Crippen LogP contribution in [0.2, 0.25) is 0 Å². The standard InChI is InChI=1S/C19H22FNO9S2/c1-3-13(2)14-5-7-15(8-6-14)30-31(24,25)10-4-9-29-18-11-16(20)19(32(26,27)28)12-17(18)21(22)23/h5-8,11-13H,3-4,9-10H2,1-2H3,(H,26,27,28). The number of nitro groups is 1. The maximum Gasteiger partial charge on any atom is 0.312 e. The van der Waals surface area contributed by atoms with Crippen molar-refractivity contribution in [1.29, 1.82) is 0 Å². The van der Waals surface area contributed by atoms with Gasteiger partial charge in [0.2, 0.25) is 0 Å². The van der Waals surface area contributed by atoms with E-state index in [2.05, 4.69) is 0 Å². The molecule has 1 N–H and O–H groups in total. The summed E-state index contributed by atoms with van der Waals surface area (Å²) in [5, 5.41) is 11.1. The Morgan fingerprint density at radius 1 is 1.16 bits per heavy atom. The average molecular weight is 492 g/mol. The molecule has 0 aromatic heterocycles. The Bertz CT molecular complexity index is 1180. The van der Waals surface area contributed by atoms with Crippen molar-refractivity contribution in [3.63, 3.8) is 0 Å². The lowest BCUT2D eigenvalue weighted by molar-refractivity contribution is -0.386. The van der Waals surface area contributed by atoms with Crippen LogP contribution < -0.4 is 8.92 Å². The molecule has 1 atom stereocenters. The van der Waals surface area contributed by atoms with E-state index in [1.54, 1.807) is 24.3 Å². The Labute approximate surface area is 185 Å². The SMILES string of the molecule is CCC(C)c1ccc(OS(=O)(=O)CCCOc2cc(F)c(S(=O)(=O)O)cc2[N+](=O)[O-])cc1. The van der Waals surface area contributed by atoms with Gasteiger partial charge in [-0.25, -0.2) is 4.39 Å². The number of halogens is 1. The molecular weight excluding hydrogens is 469 g/mol. The van der Waals surface area contributed by atoms with Gasteiger partial charge in [-0.15, -0.1) is 0 Å². The van der Waals surface area contributed by atoms with Gasteiger partial charge >= 0.3 is 15.8 Å². The van der Waals surface area contributed by atoms with Crippen LogP contribution in [0.3, 0.4) is 0 Å². The molecule has 0 aliphatic carbocycles. The first-order valence-electron chi connectivity index (χ1n) is 9.44. The smallest absolute Gasteiger partial charge is 0.312 e. The van der Waals surface area contributed by atoms with Gasteiger partial charge in [-0.2, -0.15) is 16.8 Å². The molecule has 32 heavy (non-hydrogen) atoms. The molecule has 13 heteroatoms. The van der Waals surface area contributed by atoms with Crippen molar-refractivity contribution in [1.82, 2.24) is 0 Å². The monoisotopic (exact) mass is 491 g/mol. The van der Waals surface area contributed by atoms with E-state index in [4.69, 9.17) is 13.5 Å². The van der Waals surface area contributed by atoms with Gasteiger partial charge in [-0.3, -0.25) is 14.7 Å². The van der Waals surface area contributed by atoms with Gasteiger partial charge in [-0.1, -0.05) is 26.0 Å². The Kier molecular flexibility index (Phi) is 8.15. The Morgan fingerprint density at radius 2 is 1.78 bits per heavy atom. The van der Waals surface area contributed by atoms with E-state index >= 15 is 0 Å². The summed E-state index contributed by atoms with van der Waals surface area (Å²) in [6.07, 6.45) is 0.783. The van der Waals surface area contributed by atoms with Crippen LogP contribution in [-0.4, -0.2) is 38.7 Å². The second kappa shape index (κ2) is 10.2. The molecule has 2 aromatic carbocycles. The molecule has 0 spiro atoms. The maximum atomic E-state index is 13.9. The van der Waals surface area contributed by atoms with Crippen molar-refractivity contribution in [2.45, 2.75) is 37.5 Å². The van der Waals surface area contributed by atoms with Crippen LogP contribution in [0.4, 0.5) is 10.1 Å². The average Bonchev–Trinajstić information content (AvgIpc) is 2.69. The molecule has 1 unspecified atom stereocenters. The number of hydrogen-bond donors (Lipinski definition) is 1. The van der Waals surface area contributed by atoms with Crippen molar-refractivity contribution in [3.05, 3.63) is 57.9 Å². The van der Waals surface area contributed by atoms with Crippen molar-refractivity contribution < 1.29 is 39.6 Å². The highest BCUT2D eigenvalue weighted by molar-refractivity contribution is 7.87. The number of rotatable bonds is 11. The van der Waals surface area contributed by atoms with E-state index in [1.165, 1.54) is 0 Å². The van der Waals surface area contributed by atoms with Crippen LogP contribution in [0.15, 0.2) is 41.3 Å². The molecule has 0 fully saturated rings. The van der Waals surface area contributed by atoms with Gasteiger partial charge in [0, 0.05) is 12.1 Å². The lowest BCUT2D eigenvalue weighted by Crippen LogP contribution is -2.16. The molecular formula is C19H22FNO9S2. The predicted octanol–water partition coefficient (Wildman–Crippen LogP) is 3.67. The first-order valence-corrected chi connectivity index (χ1v) is 12.5. The molecule has 0 aliphatic heterocycles. The highest BCUT2D eigenvalue weighted by Crippen LogP contribution is 2.32. The lowest BCUT2D eigenvalue weighted by atomic mass is 9.99. The van der Waals surface area contributed by atoms with Crippen molar-refractivity contribution in [3.8, 4) is 11.5 Å². The summed E-state index contributed by atoms with van der Waals surface area (Å²) in [5.74, 6) is -2.10. The molecule has 2 aromatic rings. The first kappa shape index (κ1) is 25.5. The number of nitro benzene ring substituents is 1. The summed E-state index contributed by atoms with van der Waals surface area (Å²) >= 11 is 0. The Morgan fingerprint density at radius 3 is 2.31 bits per heavy atom. The van der Waals surface area contributed by atoms with Crippen LogP contribution >= 0.6 is 0 Å². The summed E-state index contributed by atoms with van der Waals surface area (Å²) in [7, 11) is -9.01. The normalized spacial score (nSPS) is 12.9.